The fourth-order valence-corrected chi connectivity index (χ4v) is 2.80. The van der Waals surface area contributed by atoms with E-state index in [0.717, 1.165) is 29.7 Å². The first kappa shape index (κ1) is 19.9. The summed E-state index contributed by atoms with van der Waals surface area (Å²) in [6.45, 7) is 9.33. The highest BCUT2D eigenvalue weighted by molar-refractivity contribution is 6.12. The number of aliphatic imine (C=N–C) groups is 1. The van der Waals surface area contributed by atoms with Gasteiger partial charge in [-0.2, -0.15) is 0 Å². The molecule has 0 saturated heterocycles. The number of rotatable bonds is 6. The minimum atomic E-state index is -0.432. The summed E-state index contributed by atoms with van der Waals surface area (Å²) in [4.78, 5) is 16.6. The first-order valence-electron chi connectivity index (χ1n) is 9.73. The van der Waals surface area contributed by atoms with Gasteiger partial charge in [0.2, 0.25) is 5.90 Å². The molecule has 0 saturated carbocycles. The van der Waals surface area contributed by atoms with Gasteiger partial charge in [0, 0.05) is 5.56 Å². The molecule has 2 aromatic carbocycles. The van der Waals surface area contributed by atoms with Crippen molar-refractivity contribution in [3.05, 3.63) is 70.9 Å². The molecular formula is C24H27NO3. The molecule has 0 atom stereocenters. The molecule has 0 spiro atoms. The van der Waals surface area contributed by atoms with Crippen molar-refractivity contribution in [2.75, 3.05) is 6.61 Å². The van der Waals surface area contributed by atoms with E-state index in [1.54, 1.807) is 6.08 Å². The zero-order valence-corrected chi connectivity index (χ0v) is 17.0. The Morgan fingerprint density at radius 2 is 1.71 bits per heavy atom. The van der Waals surface area contributed by atoms with Crippen LogP contribution in [0.4, 0.5) is 0 Å². The number of ether oxygens (including phenoxy) is 2. The number of carbonyl (C=O) groups is 1. The number of benzene rings is 2. The van der Waals surface area contributed by atoms with Gasteiger partial charge in [0.25, 0.3) is 0 Å². The molecular weight excluding hydrogens is 350 g/mol. The fraction of sp³-hybridized carbons (Fsp3) is 0.333. The van der Waals surface area contributed by atoms with Crippen molar-refractivity contribution in [3.63, 3.8) is 0 Å². The molecule has 4 heteroatoms. The molecule has 0 bridgehead atoms. The van der Waals surface area contributed by atoms with E-state index >= 15 is 0 Å². The van der Waals surface area contributed by atoms with E-state index in [2.05, 4.69) is 32.7 Å². The Balaban J connectivity index is 1.74. The van der Waals surface area contributed by atoms with E-state index in [4.69, 9.17) is 9.47 Å². The Labute approximate surface area is 166 Å². The number of unbranched alkanes of at least 4 members (excludes halogenated alkanes) is 1. The molecule has 146 valence electrons. The van der Waals surface area contributed by atoms with Crippen LogP contribution < -0.4 is 4.74 Å². The van der Waals surface area contributed by atoms with E-state index in [0.29, 0.717) is 18.2 Å². The van der Waals surface area contributed by atoms with Crippen LogP contribution in [0.15, 0.2) is 59.2 Å². The van der Waals surface area contributed by atoms with Crippen molar-refractivity contribution in [1.29, 1.82) is 0 Å². The number of carbonyl (C=O) groups excluding carboxylic acids is 1. The van der Waals surface area contributed by atoms with E-state index in [1.165, 1.54) is 5.56 Å². The van der Waals surface area contributed by atoms with Gasteiger partial charge in [0.05, 0.1) is 6.61 Å². The number of hydrogen-bond acceptors (Lipinski definition) is 4. The van der Waals surface area contributed by atoms with Crippen molar-refractivity contribution in [2.24, 2.45) is 4.99 Å². The van der Waals surface area contributed by atoms with E-state index in [9.17, 15) is 4.79 Å². The molecule has 0 fully saturated rings. The molecule has 0 aliphatic carbocycles. The highest BCUT2D eigenvalue weighted by atomic mass is 16.6. The molecule has 0 unspecified atom stereocenters. The SMILES string of the molecule is CCCCOc1ccc(/C=C2\N=C(c3ccc(C(C)(C)C)cc3)OC2=O)cc1. The van der Waals surface area contributed by atoms with E-state index < -0.39 is 5.97 Å². The van der Waals surface area contributed by atoms with Gasteiger partial charge >= 0.3 is 5.97 Å². The summed E-state index contributed by atoms with van der Waals surface area (Å²) in [5, 5.41) is 0. The summed E-state index contributed by atoms with van der Waals surface area (Å²) < 4.78 is 11.0. The summed E-state index contributed by atoms with van der Waals surface area (Å²) in [5.74, 6) is 0.738. The molecule has 1 aliphatic rings. The third-order valence-electron chi connectivity index (χ3n) is 4.57. The van der Waals surface area contributed by atoms with Crippen LogP contribution in [0.5, 0.6) is 5.75 Å². The van der Waals surface area contributed by atoms with Gasteiger partial charge in [-0.15, -0.1) is 0 Å². The molecule has 3 rings (SSSR count). The second-order valence-electron chi connectivity index (χ2n) is 7.93. The van der Waals surface area contributed by atoms with Gasteiger partial charge in [-0.3, -0.25) is 0 Å². The topological polar surface area (TPSA) is 47.9 Å². The Kier molecular flexibility index (Phi) is 5.98. The average Bonchev–Trinajstić information content (AvgIpc) is 3.03. The maximum Gasteiger partial charge on any atom is 0.363 e. The zero-order chi connectivity index (χ0) is 20.1. The van der Waals surface area contributed by atoms with Crippen LogP contribution in [-0.2, 0) is 14.9 Å². The molecule has 0 radical (unpaired) electrons. The number of nitrogens with zero attached hydrogens (tertiary/aromatic N) is 1. The van der Waals surface area contributed by atoms with Crippen LogP contribution in [0.25, 0.3) is 6.08 Å². The maximum atomic E-state index is 12.2. The van der Waals surface area contributed by atoms with Crippen molar-refractivity contribution in [3.8, 4) is 5.75 Å². The van der Waals surface area contributed by atoms with Crippen LogP contribution >= 0.6 is 0 Å². The highest BCUT2D eigenvalue weighted by Crippen LogP contribution is 2.24. The predicted molar refractivity (Wildman–Crippen MR) is 113 cm³/mol. The van der Waals surface area contributed by atoms with Gasteiger partial charge in [0.15, 0.2) is 5.70 Å². The molecule has 1 aliphatic heterocycles. The minimum Gasteiger partial charge on any atom is -0.494 e. The first-order valence-corrected chi connectivity index (χ1v) is 9.73. The quantitative estimate of drug-likeness (QED) is 0.379. The second kappa shape index (κ2) is 8.42. The average molecular weight is 377 g/mol. The van der Waals surface area contributed by atoms with Gasteiger partial charge in [-0.1, -0.05) is 58.4 Å². The van der Waals surface area contributed by atoms with Gasteiger partial charge in [0.1, 0.15) is 5.75 Å². The lowest BCUT2D eigenvalue weighted by atomic mass is 9.87. The van der Waals surface area contributed by atoms with Crippen LogP contribution in [0.3, 0.4) is 0 Å². The highest BCUT2D eigenvalue weighted by Gasteiger charge is 2.24. The van der Waals surface area contributed by atoms with Crippen LogP contribution in [-0.4, -0.2) is 18.5 Å². The lowest BCUT2D eigenvalue weighted by molar-refractivity contribution is -0.129. The third-order valence-corrected chi connectivity index (χ3v) is 4.57. The number of esters is 1. The van der Waals surface area contributed by atoms with Crippen molar-refractivity contribution < 1.29 is 14.3 Å². The Hall–Kier alpha value is -2.88. The van der Waals surface area contributed by atoms with Gasteiger partial charge in [-0.05, 0) is 53.3 Å². The van der Waals surface area contributed by atoms with Crippen molar-refractivity contribution in [2.45, 2.75) is 46.0 Å². The standard InChI is InChI=1S/C24H27NO3/c1-5-6-15-27-20-13-7-17(8-14-20)16-21-23(26)28-22(25-21)18-9-11-19(12-10-18)24(2,3)4/h7-14,16H,5-6,15H2,1-4H3/b21-16-. The second-order valence-corrected chi connectivity index (χ2v) is 7.93. The molecule has 28 heavy (non-hydrogen) atoms. The summed E-state index contributed by atoms with van der Waals surface area (Å²) >= 11 is 0. The van der Waals surface area contributed by atoms with Gasteiger partial charge in [-0.25, -0.2) is 9.79 Å². The summed E-state index contributed by atoms with van der Waals surface area (Å²) in [6.07, 6.45) is 3.87. The molecule has 0 aromatic heterocycles. The Morgan fingerprint density at radius 1 is 1.04 bits per heavy atom. The molecule has 2 aromatic rings. The Bertz CT molecular complexity index is 885. The molecule has 1 heterocycles. The lowest BCUT2D eigenvalue weighted by Crippen LogP contribution is -2.11. The predicted octanol–water partition coefficient (Wildman–Crippen LogP) is 5.51. The van der Waals surface area contributed by atoms with Crippen molar-refractivity contribution >= 4 is 17.9 Å². The lowest BCUT2D eigenvalue weighted by Gasteiger charge is -2.18. The first-order chi connectivity index (χ1) is 13.4. The summed E-state index contributed by atoms with van der Waals surface area (Å²) in [5.41, 5.74) is 3.27. The van der Waals surface area contributed by atoms with E-state index in [-0.39, 0.29) is 5.41 Å². The van der Waals surface area contributed by atoms with Crippen molar-refractivity contribution in [1.82, 2.24) is 0 Å². The van der Waals surface area contributed by atoms with Crippen LogP contribution in [0.1, 0.15) is 57.2 Å². The van der Waals surface area contributed by atoms with Crippen LogP contribution in [0, 0.1) is 0 Å². The molecule has 4 nitrogen and oxygen atoms in total. The van der Waals surface area contributed by atoms with E-state index in [1.807, 2.05) is 48.5 Å². The maximum absolute atomic E-state index is 12.2. The monoisotopic (exact) mass is 377 g/mol. The third kappa shape index (κ3) is 4.89. The molecule has 0 amide bonds. The summed E-state index contributed by atoms with van der Waals surface area (Å²) in [6, 6.07) is 15.6. The van der Waals surface area contributed by atoms with Crippen LogP contribution in [0.2, 0.25) is 0 Å². The largest absolute Gasteiger partial charge is 0.494 e. The number of hydrogen-bond donors (Lipinski definition) is 0. The smallest absolute Gasteiger partial charge is 0.363 e. The summed E-state index contributed by atoms with van der Waals surface area (Å²) in [7, 11) is 0. The molecule has 0 N–H and O–H groups in total. The minimum absolute atomic E-state index is 0.0736. The Morgan fingerprint density at radius 3 is 2.32 bits per heavy atom. The number of cyclic esters (lactones) is 1. The van der Waals surface area contributed by atoms with Gasteiger partial charge < -0.3 is 9.47 Å². The fourth-order valence-electron chi connectivity index (χ4n) is 2.80. The normalized spacial score (nSPS) is 15.5. The zero-order valence-electron chi connectivity index (χ0n) is 17.0.